The molecular formula is C17H19NO7. The van der Waals surface area contributed by atoms with Gasteiger partial charge in [-0.1, -0.05) is 30.3 Å². The predicted molar refractivity (Wildman–Crippen MR) is 86.0 cm³/mol. The summed E-state index contributed by atoms with van der Waals surface area (Å²) < 4.78 is 10.1. The fourth-order valence-electron chi connectivity index (χ4n) is 2.03. The van der Waals surface area contributed by atoms with E-state index in [1.807, 2.05) is 30.3 Å². The Labute approximate surface area is 144 Å². The number of carbonyl (C=O) groups is 2. The van der Waals surface area contributed by atoms with Crippen molar-refractivity contribution >= 4 is 12.1 Å². The summed E-state index contributed by atoms with van der Waals surface area (Å²) in [5.41, 5.74) is 1.15. The molecule has 2 rings (SSSR count). The summed E-state index contributed by atoms with van der Waals surface area (Å²) in [7, 11) is 0. The van der Waals surface area contributed by atoms with Crippen LogP contribution in [0, 0.1) is 0 Å². The van der Waals surface area contributed by atoms with Gasteiger partial charge in [-0.3, -0.25) is 9.63 Å². The number of aryl methyl sites for hydroxylation is 1. The molecule has 0 aliphatic rings. The average molecular weight is 349 g/mol. The van der Waals surface area contributed by atoms with Gasteiger partial charge in [0.05, 0.1) is 0 Å². The van der Waals surface area contributed by atoms with Crippen molar-refractivity contribution in [2.24, 2.45) is 0 Å². The van der Waals surface area contributed by atoms with Crippen molar-refractivity contribution in [1.82, 2.24) is 4.73 Å². The van der Waals surface area contributed by atoms with Crippen LogP contribution in [-0.4, -0.2) is 40.3 Å². The Morgan fingerprint density at radius 2 is 1.56 bits per heavy atom. The molecule has 1 aromatic heterocycles. The molecule has 0 saturated heterocycles. The second kappa shape index (κ2) is 9.21. The molecule has 0 unspecified atom stereocenters. The molecule has 0 amide bonds. The lowest BCUT2D eigenvalue weighted by Crippen LogP contribution is -2.22. The highest BCUT2D eigenvalue weighted by Gasteiger charge is 2.13. The van der Waals surface area contributed by atoms with Gasteiger partial charge < -0.3 is 19.7 Å². The summed E-state index contributed by atoms with van der Waals surface area (Å²) >= 11 is 0. The number of esters is 1. The second-order valence-corrected chi connectivity index (χ2v) is 5.09. The molecule has 0 fully saturated rings. The summed E-state index contributed by atoms with van der Waals surface area (Å²) in [6.45, 7) is -0.311. The van der Waals surface area contributed by atoms with Gasteiger partial charge >= 0.3 is 12.1 Å². The van der Waals surface area contributed by atoms with Crippen LogP contribution >= 0.6 is 0 Å². The Balaban J connectivity index is 1.56. The number of nitrogens with zero attached hydrogens (tertiary/aromatic N) is 1. The molecule has 2 N–H and O–H groups in total. The van der Waals surface area contributed by atoms with E-state index in [2.05, 4.69) is 9.57 Å². The summed E-state index contributed by atoms with van der Waals surface area (Å²) in [5, 5.41) is 18.6. The fourth-order valence-corrected chi connectivity index (χ4v) is 2.03. The molecule has 1 aromatic carbocycles. The number of aromatic hydroxyl groups is 2. The topological polar surface area (TPSA) is 107 Å². The lowest BCUT2D eigenvalue weighted by Gasteiger charge is -2.08. The highest BCUT2D eigenvalue weighted by Crippen LogP contribution is 2.18. The number of hydrogen-bond acceptors (Lipinski definition) is 7. The lowest BCUT2D eigenvalue weighted by molar-refractivity contribution is -0.145. The van der Waals surface area contributed by atoms with Gasteiger partial charge in [0.15, 0.2) is 0 Å². The molecule has 0 aliphatic carbocycles. The maximum atomic E-state index is 11.6. The van der Waals surface area contributed by atoms with Crippen molar-refractivity contribution in [2.45, 2.75) is 19.3 Å². The van der Waals surface area contributed by atoms with Gasteiger partial charge in [-0.2, -0.15) is 0 Å². The first-order chi connectivity index (χ1) is 12.1. The number of carbonyl (C=O) groups excluding carboxylic acids is 2. The first kappa shape index (κ1) is 18.2. The van der Waals surface area contributed by atoms with Crippen LogP contribution in [0.1, 0.15) is 18.4 Å². The van der Waals surface area contributed by atoms with E-state index in [-0.39, 0.29) is 25.6 Å². The molecule has 0 spiro atoms. The second-order valence-electron chi connectivity index (χ2n) is 5.09. The Morgan fingerprint density at radius 1 is 0.920 bits per heavy atom. The molecular weight excluding hydrogens is 330 g/mol. The van der Waals surface area contributed by atoms with Crippen molar-refractivity contribution in [3.8, 4) is 11.8 Å². The third kappa shape index (κ3) is 6.09. The minimum Gasteiger partial charge on any atom is -0.492 e. The van der Waals surface area contributed by atoms with Gasteiger partial charge in [-0.05, 0) is 18.4 Å². The van der Waals surface area contributed by atoms with E-state index in [1.54, 1.807) is 0 Å². The largest absolute Gasteiger partial charge is 0.534 e. The molecule has 0 radical (unpaired) electrons. The number of rotatable bonds is 8. The average Bonchev–Trinajstić information content (AvgIpc) is 2.92. The zero-order valence-electron chi connectivity index (χ0n) is 13.5. The fraction of sp³-hybridized carbons (Fsp3) is 0.294. The number of aromatic nitrogens is 1. The van der Waals surface area contributed by atoms with Crippen LogP contribution in [0.15, 0.2) is 42.5 Å². The van der Waals surface area contributed by atoms with Crippen molar-refractivity contribution in [2.75, 3.05) is 13.2 Å². The molecule has 134 valence electrons. The zero-order chi connectivity index (χ0) is 18.1. The highest BCUT2D eigenvalue weighted by atomic mass is 16.8. The van der Waals surface area contributed by atoms with Crippen molar-refractivity contribution in [3.63, 3.8) is 0 Å². The van der Waals surface area contributed by atoms with E-state index in [4.69, 9.17) is 4.74 Å². The monoisotopic (exact) mass is 349 g/mol. The molecule has 25 heavy (non-hydrogen) atoms. The highest BCUT2D eigenvalue weighted by molar-refractivity contribution is 5.69. The van der Waals surface area contributed by atoms with Crippen molar-refractivity contribution in [1.29, 1.82) is 0 Å². The third-order valence-corrected chi connectivity index (χ3v) is 3.22. The first-order valence-corrected chi connectivity index (χ1v) is 7.70. The molecule has 0 saturated carbocycles. The van der Waals surface area contributed by atoms with Crippen molar-refractivity contribution in [3.05, 3.63) is 48.0 Å². The zero-order valence-corrected chi connectivity index (χ0v) is 13.5. The molecule has 8 nitrogen and oxygen atoms in total. The van der Waals surface area contributed by atoms with E-state index < -0.39 is 17.9 Å². The summed E-state index contributed by atoms with van der Waals surface area (Å²) in [6, 6.07) is 12.1. The van der Waals surface area contributed by atoms with E-state index in [0.29, 0.717) is 11.2 Å². The quantitative estimate of drug-likeness (QED) is 0.554. The standard InChI is InChI=1S/C17H19NO7/c19-14-9-10-15(20)18(14)25-17(22)24-12-11-23-16(21)8-4-7-13-5-2-1-3-6-13/h1-3,5-6,9-10,19-20H,4,7-8,11-12H2. The number of ether oxygens (including phenoxy) is 2. The summed E-state index contributed by atoms with van der Waals surface area (Å²) in [5.74, 6) is -1.30. The number of hydrogen-bond donors (Lipinski definition) is 2. The van der Waals surface area contributed by atoms with Gasteiger partial charge in [-0.25, -0.2) is 4.79 Å². The van der Waals surface area contributed by atoms with Crippen LogP contribution in [0.25, 0.3) is 0 Å². The lowest BCUT2D eigenvalue weighted by atomic mass is 10.1. The molecule has 2 aromatic rings. The molecule has 0 atom stereocenters. The maximum absolute atomic E-state index is 11.6. The third-order valence-electron chi connectivity index (χ3n) is 3.22. The van der Waals surface area contributed by atoms with E-state index >= 15 is 0 Å². The van der Waals surface area contributed by atoms with E-state index in [1.165, 1.54) is 0 Å². The first-order valence-electron chi connectivity index (χ1n) is 7.70. The van der Waals surface area contributed by atoms with Crippen LogP contribution in [0.4, 0.5) is 4.79 Å². The summed E-state index contributed by atoms with van der Waals surface area (Å²) in [4.78, 5) is 27.5. The maximum Gasteiger partial charge on any atom is 0.534 e. The minimum atomic E-state index is -1.15. The SMILES string of the molecule is O=C(CCCc1ccccc1)OCCOC(=O)On1c(O)ccc1O. The molecule has 0 aliphatic heterocycles. The predicted octanol–water partition coefficient (Wildman–Crippen LogP) is 2.03. The van der Waals surface area contributed by atoms with Crippen molar-refractivity contribution < 1.29 is 34.1 Å². The van der Waals surface area contributed by atoms with Crippen LogP contribution in [0.5, 0.6) is 11.8 Å². The van der Waals surface area contributed by atoms with Gasteiger partial charge in [-0.15, -0.1) is 4.73 Å². The van der Waals surface area contributed by atoms with Crippen LogP contribution < -0.4 is 4.84 Å². The molecule has 0 bridgehead atoms. The van der Waals surface area contributed by atoms with Crippen LogP contribution in [0.2, 0.25) is 0 Å². The van der Waals surface area contributed by atoms with Crippen LogP contribution in [-0.2, 0) is 20.7 Å². The molecule has 1 heterocycles. The number of benzene rings is 1. The van der Waals surface area contributed by atoms with Gasteiger partial charge in [0.1, 0.15) is 13.2 Å². The summed E-state index contributed by atoms with van der Waals surface area (Å²) in [6.07, 6.45) is 0.562. The Morgan fingerprint density at radius 3 is 2.24 bits per heavy atom. The smallest absolute Gasteiger partial charge is 0.492 e. The van der Waals surface area contributed by atoms with E-state index in [9.17, 15) is 19.8 Å². The van der Waals surface area contributed by atoms with Gasteiger partial charge in [0.25, 0.3) is 0 Å². The minimum absolute atomic E-state index is 0.108. The Bertz CT molecular complexity index is 677. The van der Waals surface area contributed by atoms with Gasteiger partial charge in [0.2, 0.25) is 11.8 Å². The van der Waals surface area contributed by atoms with Gasteiger partial charge in [0, 0.05) is 18.6 Å². The van der Waals surface area contributed by atoms with E-state index in [0.717, 1.165) is 24.1 Å². The molecule has 8 heteroatoms. The Hall–Kier alpha value is -3.16. The normalized spacial score (nSPS) is 10.2. The van der Waals surface area contributed by atoms with Crippen LogP contribution in [0.3, 0.4) is 0 Å². The Kier molecular flexibility index (Phi) is 6.70.